The molecule has 0 heterocycles. The maximum Gasteiger partial charge on any atom is 0.0625 e. The first-order valence-corrected chi connectivity index (χ1v) is 3.94. The average molecular weight is 151 g/mol. The van der Waals surface area contributed by atoms with E-state index < -0.39 is 0 Å². The lowest BCUT2D eigenvalue weighted by Gasteiger charge is -2.24. The molecule has 0 radical (unpaired) electrons. The summed E-state index contributed by atoms with van der Waals surface area (Å²) < 4.78 is 0. The number of rotatable bonds is 1. The van der Waals surface area contributed by atoms with Crippen LogP contribution in [0.25, 0.3) is 0 Å². The minimum atomic E-state index is -0.293. The number of hydrogen-bond donors (Lipinski definition) is 1. The molecule has 1 N–H and O–H groups in total. The van der Waals surface area contributed by atoms with Crippen molar-refractivity contribution in [3.05, 3.63) is 11.6 Å². The lowest BCUT2D eigenvalue weighted by molar-refractivity contribution is 0.106. The second-order valence-electron chi connectivity index (χ2n) is 3.18. The van der Waals surface area contributed by atoms with Gasteiger partial charge in [-0.3, -0.25) is 0 Å². The largest absolute Gasteiger partial charge is 0.392 e. The van der Waals surface area contributed by atoms with Crippen LogP contribution in [-0.4, -0.2) is 11.2 Å². The van der Waals surface area contributed by atoms with Gasteiger partial charge in [-0.25, -0.2) is 0 Å². The number of aliphatic hydroxyl groups excluding tert-OH is 1. The lowest BCUT2D eigenvalue weighted by atomic mass is 9.85. The third-order valence-electron chi connectivity index (χ3n) is 2.19. The van der Waals surface area contributed by atoms with Crippen LogP contribution in [0.3, 0.4) is 0 Å². The molecular weight excluding hydrogens is 138 g/mol. The summed E-state index contributed by atoms with van der Waals surface area (Å²) in [5, 5.41) is 17.9. The Bertz CT molecular complexity index is 202. The summed E-state index contributed by atoms with van der Waals surface area (Å²) in [5.74, 6) is 0.171. The Morgan fingerprint density at radius 2 is 2.55 bits per heavy atom. The van der Waals surface area contributed by atoms with E-state index in [-0.39, 0.29) is 12.0 Å². The molecule has 0 bridgehead atoms. The summed E-state index contributed by atoms with van der Waals surface area (Å²) in [4.78, 5) is 0. The molecule has 0 aromatic heterocycles. The molecule has 1 aliphatic rings. The molecule has 0 aromatic carbocycles. The molecule has 0 aliphatic heterocycles. The van der Waals surface area contributed by atoms with E-state index in [1.165, 1.54) is 5.57 Å². The summed E-state index contributed by atoms with van der Waals surface area (Å²) in [6.45, 7) is 2.05. The molecule has 1 aliphatic carbocycles. The zero-order valence-electron chi connectivity index (χ0n) is 6.75. The Labute approximate surface area is 67.2 Å². The van der Waals surface area contributed by atoms with E-state index in [4.69, 9.17) is 5.26 Å². The highest BCUT2D eigenvalue weighted by atomic mass is 16.3. The number of hydrogen-bond acceptors (Lipinski definition) is 2. The van der Waals surface area contributed by atoms with Crippen molar-refractivity contribution < 1.29 is 5.11 Å². The van der Waals surface area contributed by atoms with Gasteiger partial charge in [0.15, 0.2) is 0 Å². The molecule has 11 heavy (non-hydrogen) atoms. The Hall–Kier alpha value is -0.810. The second kappa shape index (κ2) is 3.54. The fraction of sp³-hybridized carbons (Fsp3) is 0.667. The van der Waals surface area contributed by atoms with Crippen LogP contribution in [-0.2, 0) is 0 Å². The third-order valence-corrected chi connectivity index (χ3v) is 2.19. The number of nitrogens with zero attached hydrogens (tertiary/aromatic N) is 1. The Balaban J connectivity index is 2.54. The maximum atomic E-state index is 9.42. The molecule has 60 valence electrons. The highest BCUT2D eigenvalue weighted by Gasteiger charge is 2.21. The van der Waals surface area contributed by atoms with E-state index in [9.17, 15) is 5.11 Å². The predicted molar refractivity (Wildman–Crippen MR) is 42.7 cm³/mol. The summed E-state index contributed by atoms with van der Waals surface area (Å²) in [7, 11) is 0. The highest BCUT2D eigenvalue weighted by molar-refractivity contribution is 5.07. The van der Waals surface area contributed by atoms with E-state index in [1.54, 1.807) is 0 Å². The predicted octanol–water partition coefficient (Wildman–Crippen LogP) is 1.62. The van der Waals surface area contributed by atoms with Crippen LogP contribution in [0.1, 0.15) is 26.2 Å². The zero-order valence-corrected chi connectivity index (χ0v) is 6.75. The minimum Gasteiger partial charge on any atom is -0.392 e. The smallest absolute Gasteiger partial charge is 0.0625 e. The fourth-order valence-electron chi connectivity index (χ4n) is 1.47. The molecule has 0 saturated heterocycles. The van der Waals surface area contributed by atoms with E-state index in [0.717, 1.165) is 12.8 Å². The standard InChI is InChI=1S/C9H13NO/c1-7-2-3-9(11)8(6-7)4-5-10/h2,8-9,11H,3-4,6H2,1H3/t8-,9-/m1/s1. The van der Waals surface area contributed by atoms with Crippen molar-refractivity contribution in [3.8, 4) is 6.07 Å². The van der Waals surface area contributed by atoms with Crippen molar-refractivity contribution in [3.63, 3.8) is 0 Å². The third kappa shape index (κ3) is 2.06. The highest BCUT2D eigenvalue weighted by Crippen LogP contribution is 2.26. The van der Waals surface area contributed by atoms with Crippen molar-refractivity contribution in [2.24, 2.45) is 5.92 Å². The van der Waals surface area contributed by atoms with Gasteiger partial charge in [0.05, 0.1) is 12.2 Å². The van der Waals surface area contributed by atoms with Gasteiger partial charge in [-0.15, -0.1) is 0 Å². The Morgan fingerprint density at radius 3 is 3.18 bits per heavy atom. The molecule has 2 atom stereocenters. The van der Waals surface area contributed by atoms with Gasteiger partial charge in [-0.2, -0.15) is 5.26 Å². The normalized spacial score (nSPS) is 30.8. The molecular formula is C9H13NO. The van der Waals surface area contributed by atoms with Crippen molar-refractivity contribution >= 4 is 0 Å². The molecule has 2 heteroatoms. The SMILES string of the molecule is CC1=CC[C@@H](O)[C@H](CC#N)C1. The number of aliphatic hydroxyl groups is 1. The van der Waals surface area contributed by atoms with Crippen LogP contribution in [0.4, 0.5) is 0 Å². The van der Waals surface area contributed by atoms with Crippen molar-refractivity contribution in [1.82, 2.24) is 0 Å². The molecule has 0 fully saturated rings. The van der Waals surface area contributed by atoms with E-state index in [1.807, 2.05) is 0 Å². The van der Waals surface area contributed by atoms with Crippen LogP contribution in [0.5, 0.6) is 0 Å². The van der Waals surface area contributed by atoms with Crippen molar-refractivity contribution in [1.29, 1.82) is 5.26 Å². The van der Waals surface area contributed by atoms with Gasteiger partial charge in [0.1, 0.15) is 0 Å². The zero-order chi connectivity index (χ0) is 8.27. The number of allylic oxidation sites excluding steroid dienone is 1. The Kier molecular flexibility index (Phi) is 2.67. The Morgan fingerprint density at radius 1 is 1.82 bits per heavy atom. The molecule has 0 amide bonds. The average Bonchev–Trinajstić information content (AvgIpc) is 1.98. The topological polar surface area (TPSA) is 44.0 Å². The fourth-order valence-corrected chi connectivity index (χ4v) is 1.47. The summed E-state index contributed by atoms with van der Waals surface area (Å²) in [6, 6.07) is 2.10. The molecule has 0 aromatic rings. The molecule has 0 unspecified atom stereocenters. The summed E-state index contributed by atoms with van der Waals surface area (Å²) >= 11 is 0. The van der Waals surface area contributed by atoms with Gasteiger partial charge in [0.25, 0.3) is 0 Å². The van der Waals surface area contributed by atoms with Gasteiger partial charge < -0.3 is 5.11 Å². The van der Waals surface area contributed by atoms with E-state index in [0.29, 0.717) is 6.42 Å². The van der Waals surface area contributed by atoms with E-state index in [2.05, 4.69) is 19.1 Å². The minimum absolute atomic E-state index is 0.171. The van der Waals surface area contributed by atoms with Crippen LogP contribution in [0.15, 0.2) is 11.6 Å². The number of nitriles is 1. The molecule has 1 rings (SSSR count). The maximum absolute atomic E-state index is 9.42. The van der Waals surface area contributed by atoms with Crippen molar-refractivity contribution in [2.75, 3.05) is 0 Å². The first-order valence-electron chi connectivity index (χ1n) is 3.94. The first kappa shape index (κ1) is 8.29. The van der Waals surface area contributed by atoms with Crippen LogP contribution >= 0.6 is 0 Å². The lowest BCUT2D eigenvalue weighted by Crippen LogP contribution is -2.22. The van der Waals surface area contributed by atoms with Gasteiger partial charge in [0, 0.05) is 12.3 Å². The van der Waals surface area contributed by atoms with Crippen LogP contribution in [0, 0.1) is 17.2 Å². The van der Waals surface area contributed by atoms with Gasteiger partial charge in [-0.05, 0) is 19.8 Å². The van der Waals surface area contributed by atoms with Crippen LogP contribution in [0.2, 0.25) is 0 Å². The van der Waals surface area contributed by atoms with Crippen molar-refractivity contribution in [2.45, 2.75) is 32.3 Å². The van der Waals surface area contributed by atoms with E-state index >= 15 is 0 Å². The van der Waals surface area contributed by atoms with Gasteiger partial charge >= 0.3 is 0 Å². The van der Waals surface area contributed by atoms with Gasteiger partial charge in [-0.1, -0.05) is 11.6 Å². The summed E-state index contributed by atoms with van der Waals surface area (Å²) in [6.07, 6.45) is 3.84. The summed E-state index contributed by atoms with van der Waals surface area (Å²) in [5.41, 5.74) is 1.30. The van der Waals surface area contributed by atoms with Gasteiger partial charge in [0.2, 0.25) is 0 Å². The molecule has 2 nitrogen and oxygen atoms in total. The molecule has 0 spiro atoms. The second-order valence-corrected chi connectivity index (χ2v) is 3.18. The monoisotopic (exact) mass is 151 g/mol. The molecule has 0 saturated carbocycles. The quantitative estimate of drug-likeness (QED) is 0.579. The first-order chi connectivity index (χ1) is 5.24. The van der Waals surface area contributed by atoms with Crippen LogP contribution < -0.4 is 0 Å².